The number of aliphatic hydroxyl groups excluding tert-OH is 1. The first-order valence-electron chi connectivity index (χ1n) is 16.8. The Labute approximate surface area is 271 Å². The van der Waals surface area contributed by atoms with Crippen molar-refractivity contribution in [3.05, 3.63) is 64.9 Å². The number of benzene rings is 1. The quantitative estimate of drug-likeness (QED) is 0.273. The summed E-state index contributed by atoms with van der Waals surface area (Å²) >= 11 is 0. The zero-order valence-corrected chi connectivity index (χ0v) is 27.1. The Morgan fingerprint density at radius 1 is 1.11 bits per heavy atom. The number of carbonyl (C=O) groups excluding carboxylic acids is 1. The lowest BCUT2D eigenvalue weighted by molar-refractivity contribution is -0.133. The molecule has 250 valence electrons. The number of rotatable bonds is 9. The number of para-hydroxylation sites is 1. The Morgan fingerprint density at radius 2 is 1.89 bits per heavy atom. The minimum absolute atomic E-state index is 0.0173. The molecule has 5 heterocycles. The normalized spacial score (nSPS) is 24.4. The van der Waals surface area contributed by atoms with Gasteiger partial charge in [0.05, 0.1) is 23.5 Å². The number of allylic oxidation sites excluding steroid dienone is 1. The van der Waals surface area contributed by atoms with E-state index in [2.05, 4.69) is 25.2 Å². The number of aliphatic hydroxyl groups is 1. The number of hydrogen-bond donors (Lipinski definition) is 5. The van der Waals surface area contributed by atoms with Crippen LogP contribution >= 0.6 is 0 Å². The number of aromatic hydroxyl groups is 1. The highest BCUT2D eigenvalue weighted by molar-refractivity contribution is 5.83. The van der Waals surface area contributed by atoms with Crippen LogP contribution in [-0.2, 0) is 11.3 Å². The van der Waals surface area contributed by atoms with Crippen LogP contribution in [0.4, 0.5) is 0 Å². The summed E-state index contributed by atoms with van der Waals surface area (Å²) in [6.07, 6.45) is 4.34. The highest BCUT2D eigenvalue weighted by Gasteiger charge is 2.36. The molecular weight excluding hydrogens is 584 g/mol. The third-order valence-electron chi connectivity index (χ3n) is 10.1. The van der Waals surface area contributed by atoms with Gasteiger partial charge in [-0.25, -0.2) is 0 Å². The first-order valence-corrected chi connectivity index (χ1v) is 16.8. The molecule has 4 aliphatic rings. The smallest absolute Gasteiger partial charge is 0.233 e. The number of β-amino-alcohol motifs (C(OH)–C–C–N with tert-alkyl or cyclic N) is 1. The molecule has 0 aliphatic carbocycles. The molecule has 6 rings (SSSR count). The fourth-order valence-corrected chi connectivity index (χ4v) is 7.50. The van der Waals surface area contributed by atoms with Crippen LogP contribution in [0.2, 0.25) is 0 Å². The second-order valence-electron chi connectivity index (χ2n) is 13.8. The van der Waals surface area contributed by atoms with E-state index in [1.54, 1.807) is 17.0 Å². The van der Waals surface area contributed by atoms with Crippen LogP contribution in [0.3, 0.4) is 0 Å². The summed E-state index contributed by atoms with van der Waals surface area (Å²) < 4.78 is 5.73. The van der Waals surface area contributed by atoms with Crippen LogP contribution in [0.5, 0.6) is 5.75 Å². The summed E-state index contributed by atoms with van der Waals surface area (Å²) in [4.78, 5) is 22.4. The number of amides is 1. The van der Waals surface area contributed by atoms with E-state index in [4.69, 9.17) is 16.0 Å². The fraction of sp³-hybridized carbons (Fsp3) is 0.588. The van der Waals surface area contributed by atoms with Crippen molar-refractivity contribution in [2.45, 2.75) is 57.7 Å². The van der Waals surface area contributed by atoms with E-state index < -0.39 is 6.10 Å². The number of piperazine rings is 1. The summed E-state index contributed by atoms with van der Waals surface area (Å²) in [7, 11) is 0. The zero-order chi connectivity index (χ0) is 32.4. The predicted molar refractivity (Wildman–Crippen MR) is 176 cm³/mol. The van der Waals surface area contributed by atoms with Crippen molar-refractivity contribution in [1.82, 2.24) is 30.1 Å². The molecule has 12 heteroatoms. The average molecular weight is 635 g/mol. The monoisotopic (exact) mass is 634 g/mol. The second-order valence-corrected chi connectivity index (χ2v) is 13.8. The molecule has 3 fully saturated rings. The van der Waals surface area contributed by atoms with Gasteiger partial charge in [0.1, 0.15) is 23.2 Å². The molecule has 0 radical (unpaired) electrons. The Bertz CT molecular complexity index is 1430. The van der Waals surface area contributed by atoms with E-state index in [1.807, 2.05) is 38.1 Å². The second kappa shape index (κ2) is 13.9. The molecule has 0 spiro atoms. The number of phenols is 1. The molecule has 1 aromatic heterocycles. The van der Waals surface area contributed by atoms with E-state index >= 15 is 0 Å². The Morgan fingerprint density at radius 3 is 2.61 bits per heavy atom. The number of nitrogens with one attached hydrogen (secondary N) is 1. The molecule has 2 aromatic rings. The molecule has 12 nitrogen and oxygen atoms in total. The summed E-state index contributed by atoms with van der Waals surface area (Å²) in [6, 6.07) is 9.34. The maximum Gasteiger partial charge on any atom is 0.233 e. The number of likely N-dealkylation sites (tertiary alicyclic amines) is 2. The van der Waals surface area contributed by atoms with Crippen molar-refractivity contribution < 1.29 is 19.5 Å². The van der Waals surface area contributed by atoms with Crippen molar-refractivity contribution in [3.8, 4) is 5.75 Å². The summed E-state index contributed by atoms with van der Waals surface area (Å²) in [5.74, 6) is 1.75. The lowest BCUT2D eigenvalue weighted by Gasteiger charge is -2.47. The van der Waals surface area contributed by atoms with Crippen molar-refractivity contribution in [2.75, 3.05) is 58.9 Å². The third kappa shape index (κ3) is 7.13. The lowest BCUT2D eigenvalue weighted by Crippen LogP contribution is -2.60. The van der Waals surface area contributed by atoms with Crippen molar-refractivity contribution >= 4 is 11.6 Å². The molecule has 0 saturated carbocycles. The largest absolute Gasteiger partial charge is 0.507 e. The Hall–Kier alpha value is -3.74. The molecule has 7 N–H and O–H groups in total. The van der Waals surface area contributed by atoms with Gasteiger partial charge in [-0.1, -0.05) is 31.1 Å². The van der Waals surface area contributed by atoms with Crippen molar-refractivity contribution in [2.24, 2.45) is 23.3 Å². The van der Waals surface area contributed by atoms with Crippen LogP contribution in [0.15, 0.2) is 52.4 Å². The van der Waals surface area contributed by atoms with E-state index in [9.17, 15) is 15.0 Å². The van der Waals surface area contributed by atoms with Gasteiger partial charge in [-0.3, -0.25) is 14.6 Å². The van der Waals surface area contributed by atoms with Gasteiger partial charge < -0.3 is 41.3 Å². The topological polar surface area (TPSA) is 161 Å². The molecule has 3 saturated heterocycles. The van der Waals surface area contributed by atoms with Gasteiger partial charge in [-0.05, 0) is 62.4 Å². The fourth-order valence-electron chi connectivity index (χ4n) is 7.50. The molecule has 1 amide bonds. The minimum atomic E-state index is -0.437. The molecule has 3 atom stereocenters. The molecule has 3 unspecified atom stereocenters. The van der Waals surface area contributed by atoms with E-state index in [-0.39, 0.29) is 23.5 Å². The third-order valence-corrected chi connectivity index (χ3v) is 10.1. The molecule has 46 heavy (non-hydrogen) atoms. The van der Waals surface area contributed by atoms with Gasteiger partial charge in [0.15, 0.2) is 0 Å². The lowest BCUT2D eigenvalue weighted by atomic mass is 9.91. The predicted octanol–water partition coefficient (Wildman–Crippen LogP) is 1.64. The Balaban J connectivity index is 0.985. The summed E-state index contributed by atoms with van der Waals surface area (Å²) in [5.41, 5.74) is 15.6. The molecule has 1 aromatic carbocycles. The number of aromatic nitrogens is 1. The van der Waals surface area contributed by atoms with Gasteiger partial charge in [-0.15, -0.1) is 0 Å². The molecule has 0 bridgehead atoms. The highest BCUT2D eigenvalue weighted by atomic mass is 16.5. The van der Waals surface area contributed by atoms with Gasteiger partial charge in [0, 0.05) is 69.7 Å². The SMILES string of the molecule is CC(C)C(C(=O)N1CCC(O)C1)c1cc(CN2CCC(CN3CCN4C(/C=C(\N)c5ccccc5O)=C(N)NCC4C3)CC2)no1. The van der Waals surface area contributed by atoms with Crippen LogP contribution < -0.4 is 16.8 Å². The number of carbonyl (C=O) groups is 1. The Kier molecular flexibility index (Phi) is 9.76. The summed E-state index contributed by atoms with van der Waals surface area (Å²) in [5, 5.41) is 27.9. The van der Waals surface area contributed by atoms with E-state index in [0.29, 0.717) is 54.3 Å². The first kappa shape index (κ1) is 32.2. The van der Waals surface area contributed by atoms with Crippen molar-refractivity contribution in [1.29, 1.82) is 0 Å². The van der Waals surface area contributed by atoms with Gasteiger partial charge in [0.2, 0.25) is 5.91 Å². The highest BCUT2D eigenvalue weighted by Crippen LogP contribution is 2.31. The molecular formula is C34H50N8O4. The summed E-state index contributed by atoms with van der Waals surface area (Å²) in [6.45, 7) is 12.5. The van der Waals surface area contributed by atoms with Crippen LogP contribution in [0.25, 0.3) is 5.70 Å². The van der Waals surface area contributed by atoms with Crippen LogP contribution in [0, 0.1) is 11.8 Å². The number of nitrogens with two attached hydrogens (primary N) is 2. The van der Waals surface area contributed by atoms with Crippen molar-refractivity contribution in [3.63, 3.8) is 0 Å². The standard InChI is InChI=1S/C34H50N8O4/c1-22(2)32(34(45)41-12-9-26(43)21-41)31-15-24(38-46-31)19-39-10-7-23(8-11-39)18-40-13-14-42-25(20-40)17-37-33(36)29(42)16-28(35)27-5-3-4-6-30(27)44/h3-6,15-16,22-23,25-26,32,37,43-44H,7-14,17-21,35-36H2,1-2H3/b28-16-. The van der Waals surface area contributed by atoms with E-state index in [0.717, 1.165) is 76.6 Å². The number of phenolic OH excluding ortho intramolecular Hbond substituents is 1. The molecule has 4 aliphatic heterocycles. The van der Waals surface area contributed by atoms with Crippen LogP contribution in [-0.4, -0.2) is 112 Å². The van der Waals surface area contributed by atoms with Gasteiger partial charge in [-0.2, -0.15) is 0 Å². The number of hydrogen-bond acceptors (Lipinski definition) is 11. The minimum Gasteiger partial charge on any atom is -0.507 e. The zero-order valence-electron chi connectivity index (χ0n) is 27.1. The van der Waals surface area contributed by atoms with E-state index in [1.165, 1.54) is 0 Å². The van der Waals surface area contributed by atoms with Crippen LogP contribution in [0.1, 0.15) is 56.0 Å². The number of nitrogens with zero attached hydrogens (tertiary/aromatic N) is 5. The van der Waals surface area contributed by atoms with Gasteiger partial charge >= 0.3 is 0 Å². The van der Waals surface area contributed by atoms with Gasteiger partial charge in [0.25, 0.3) is 0 Å². The maximum absolute atomic E-state index is 13.2. The number of piperidine rings is 1. The number of fused-ring (bicyclic) bond motifs is 1. The maximum atomic E-state index is 13.2. The first-order chi connectivity index (χ1) is 22.2. The average Bonchev–Trinajstić information content (AvgIpc) is 3.68.